The van der Waals surface area contributed by atoms with Crippen LogP contribution in [0.15, 0.2) is 23.2 Å². The lowest BCUT2D eigenvalue weighted by molar-refractivity contribution is -0.130. The maximum atomic E-state index is 12.2. The van der Waals surface area contributed by atoms with Gasteiger partial charge in [0.15, 0.2) is 0 Å². The van der Waals surface area contributed by atoms with Crippen molar-refractivity contribution in [3.63, 3.8) is 0 Å². The Kier molecular flexibility index (Phi) is 6.73. The molecule has 0 atom stereocenters. The smallest absolute Gasteiger partial charge is 0.242 e. The third-order valence-electron chi connectivity index (χ3n) is 3.08. The van der Waals surface area contributed by atoms with Crippen LogP contribution >= 0.6 is 0 Å². The van der Waals surface area contributed by atoms with Crippen LogP contribution in [0.25, 0.3) is 0 Å². The van der Waals surface area contributed by atoms with Gasteiger partial charge in [0.1, 0.15) is 4.90 Å². The molecule has 1 heterocycles. The Hall–Kier alpha value is -1.51. The second-order valence-corrected chi connectivity index (χ2v) is 6.10. The minimum absolute atomic E-state index is 0.0372. The first kappa shape index (κ1) is 17.5. The predicted octanol–water partition coefficient (Wildman–Crippen LogP) is 0.0771. The largest absolute Gasteiger partial charge is 0.343 e. The van der Waals surface area contributed by atoms with Crippen molar-refractivity contribution in [1.82, 2.24) is 14.6 Å². The van der Waals surface area contributed by atoms with E-state index in [2.05, 4.69) is 9.71 Å². The van der Waals surface area contributed by atoms with E-state index >= 15 is 0 Å². The topological polar surface area (TPSA) is 105 Å². The zero-order valence-electron chi connectivity index (χ0n) is 12.4. The predicted molar refractivity (Wildman–Crippen MR) is 79.9 cm³/mol. The number of nitrogens with one attached hydrogen (secondary N) is 1. The van der Waals surface area contributed by atoms with E-state index in [1.165, 1.54) is 18.3 Å². The van der Waals surface area contributed by atoms with Crippen LogP contribution in [0, 0.1) is 0 Å². The van der Waals surface area contributed by atoms with E-state index in [-0.39, 0.29) is 30.3 Å². The van der Waals surface area contributed by atoms with Crippen LogP contribution in [0.3, 0.4) is 0 Å². The molecule has 21 heavy (non-hydrogen) atoms. The fourth-order valence-electron chi connectivity index (χ4n) is 1.93. The number of pyridine rings is 1. The van der Waals surface area contributed by atoms with E-state index in [1.54, 1.807) is 4.90 Å². The number of rotatable bonds is 8. The summed E-state index contributed by atoms with van der Waals surface area (Å²) < 4.78 is 26.8. The summed E-state index contributed by atoms with van der Waals surface area (Å²) in [5, 5.41) is 0. The van der Waals surface area contributed by atoms with Crippen LogP contribution in [0.2, 0.25) is 0 Å². The highest BCUT2D eigenvalue weighted by molar-refractivity contribution is 7.89. The summed E-state index contributed by atoms with van der Waals surface area (Å²) in [5.74, 6) is -0.0760. The van der Waals surface area contributed by atoms with Crippen molar-refractivity contribution >= 4 is 15.9 Å². The van der Waals surface area contributed by atoms with Gasteiger partial charge in [0.25, 0.3) is 0 Å². The van der Waals surface area contributed by atoms with Gasteiger partial charge in [-0.1, -0.05) is 0 Å². The molecule has 1 rings (SSSR count). The van der Waals surface area contributed by atoms with E-state index in [0.717, 1.165) is 0 Å². The first-order valence-electron chi connectivity index (χ1n) is 6.87. The zero-order valence-corrected chi connectivity index (χ0v) is 13.2. The standard InChI is InChI=1S/C13H22N4O3S/c1-3-17(4-2)13(18)7-9-16-21(19,20)12-6-5-8-15-11(12)10-14/h5-6,8,16H,3-4,7,9-10,14H2,1-2H3. The van der Waals surface area contributed by atoms with Crippen molar-refractivity contribution in [3.8, 4) is 0 Å². The number of carbonyl (C=O) groups excluding carboxylic acids is 1. The monoisotopic (exact) mass is 314 g/mol. The molecule has 3 N–H and O–H groups in total. The van der Waals surface area contributed by atoms with Crippen molar-refractivity contribution < 1.29 is 13.2 Å². The summed E-state index contributed by atoms with van der Waals surface area (Å²) in [5.41, 5.74) is 5.79. The molecule has 0 unspecified atom stereocenters. The SMILES string of the molecule is CCN(CC)C(=O)CCNS(=O)(=O)c1cccnc1CN. The lowest BCUT2D eigenvalue weighted by Gasteiger charge is -2.18. The highest BCUT2D eigenvalue weighted by Gasteiger charge is 2.19. The van der Waals surface area contributed by atoms with E-state index in [0.29, 0.717) is 18.8 Å². The summed E-state index contributed by atoms with van der Waals surface area (Å²) in [6, 6.07) is 2.98. The molecule has 0 saturated heterocycles. The summed E-state index contributed by atoms with van der Waals surface area (Å²) in [7, 11) is -3.70. The summed E-state index contributed by atoms with van der Waals surface area (Å²) in [4.78, 5) is 17.5. The Morgan fingerprint density at radius 3 is 2.62 bits per heavy atom. The Bertz CT molecular complexity index is 571. The lowest BCUT2D eigenvalue weighted by atomic mass is 10.3. The van der Waals surface area contributed by atoms with Gasteiger partial charge in [-0.3, -0.25) is 9.78 Å². The third-order valence-corrected chi connectivity index (χ3v) is 4.61. The van der Waals surface area contributed by atoms with Gasteiger partial charge in [0.2, 0.25) is 15.9 Å². The molecule has 1 aromatic heterocycles. The first-order chi connectivity index (χ1) is 9.96. The molecule has 0 saturated carbocycles. The van der Waals surface area contributed by atoms with Gasteiger partial charge in [-0.2, -0.15) is 0 Å². The Labute approximate surface area is 125 Å². The molecular formula is C13H22N4O3S. The molecule has 0 spiro atoms. The highest BCUT2D eigenvalue weighted by atomic mass is 32.2. The number of amides is 1. The fraction of sp³-hybridized carbons (Fsp3) is 0.538. The molecule has 7 nitrogen and oxygen atoms in total. The van der Waals surface area contributed by atoms with E-state index in [9.17, 15) is 13.2 Å². The molecule has 0 aliphatic carbocycles. The minimum atomic E-state index is -3.70. The molecule has 8 heteroatoms. The van der Waals surface area contributed by atoms with E-state index in [4.69, 9.17) is 5.73 Å². The second kappa shape index (κ2) is 8.06. The minimum Gasteiger partial charge on any atom is -0.343 e. The van der Waals surface area contributed by atoms with E-state index in [1.807, 2.05) is 13.8 Å². The zero-order chi connectivity index (χ0) is 15.9. The molecule has 1 aromatic rings. The number of aromatic nitrogens is 1. The van der Waals surface area contributed by atoms with Crippen LogP contribution in [0.4, 0.5) is 0 Å². The van der Waals surface area contributed by atoms with Crippen LogP contribution in [-0.2, 0) is 21.4 Å². The maximum absolute atomic E-state index is 12.2. The Morgan fingerprint density at radius 2 is 2.05 bits per heavy atom. The van der Waals surface area contributed by atoms with Gasteiger partial charge in [0, 0.05) is 38.8 Å². The van der Waals surface area contributed by atoms with Gasteiger partial charge in [-0.15, -0.1) is 0 Å². The number of nitrogens with two attached hydrogens (primary N) is 1. The van der Waals surface area contributed by atoms with Crippen LogP contribution in [0.5, 0.6) is 0 Å². The highest BCUT2D eigenvalue weighted by Crippen LogP contribution is 2.12. The van der Waals surface area contributed by atoms with Crippen LogP contribution in [-0.4, -0.2) is 43.8 Å². The van der Waals surface area contributed by atoms with Crippen molar-refractivity contribution in [2.24, 2.45) is 5.73 Å². The average Bonchev–Trinajstić information content (AvgIpc) is 2.48. The number of sulfonamides is 1. The summed E-state index contributed by atoms with van der Waals surface area (Å²) >= 11 is 0. The summed E-state index contributed by atoms with van der Waals surface area (Å²) in [6.45, 7) is 5.08. The second-order valence-electron chi connectivity index (χ2n) is 4.37. The molecular weight excluding hydrogens is 292 g/mol. The molecule has 0 fully saturated rings. The van der Waals surface area contributed by atoms with Gasteiger partial charge >= 0.3 is 0 Å². The molecule has 118 valence electrons. The molecule has 0 bridgehead atoms. The lowest BCUT2D eigenvalue weighted by Crippen LogP contribution is -2.34. The number of carbonyl (C=O) groups is 1. The first-order valence-corrected chi connectivity index (χ1v) is 8.36. The summed E-state index contributed by atoms with van der Waals surface area (Å²) in [6.07, 6.45) is 1.62. The molecule has 0 aromatic carbocycles. The van der Waals surface area contributed by atoms with Gasteiger partial charge < -0.3 is 10.6 Å². The number of hydrogen-bond acceptors (Lipinski definition) is 5. The van der Waals surface area contributed by atoms with Crippen molar-refractivity contribution in [2.45, 2.75) is 31.7 Å². The van der Waals surface area contributed by atoms with Gasteiger partial charge in [-0.25, -0.2) is 13.1 Å². The molecule has 0 aliphatic rings. The van der Waals surface area contributed by atoms with Crippen LogP contribution in [0.1, 0.15) is 26.0 Å². The number of hydrogen-bond donors (Lipinski definition) is 2. The van der Waals surface area contributed by atoms with Crippen molar-refractivity contribution in [2.75, 3.05) is 19.6 Å². The fourth-order valence-corrected chi connectivity index (χ4v) is 3.16. The maximum Gasteiger partial charge on any atom is 0.242 e. The Balaban J connectivity index is 2.68. The van der Waals surface area contributed by atoms with Crippen molar-refractivity contribution in [3.05, 3.63) is 24.0 Å². The third kappa shape index (κ3) is 4.76. The van der Waals surface area contributed by atoms with Gasteiger partial charge in [0.05, 0.1) is 5.69 Å². The van der Waals surface area contributed by atoms with Crippen LogP contribution < -0.4 is 10.5 Å². The van der Waals surface area contributed by atoms with Crippen molar-refractivity contribution in [1.29, 1.82) is 0 Å². The number of nitrogens with zero attached hydrogens (tertiary/aromatic N) is 2. The average molecular weight is 314 g/mol. The normalized spacial score (nSPS) is 11.4. The molecule has 0 aliphatic heterocycles. The Morgan fingerprint density at radius 1 is 1.38 bits per heavy atom. The van der Waals surface area contributed by atoms with Gasteiger partial charge in [-0.05, 0) is 26.0 Å². The molecule has 1 amide bonds. The van der Waals surface area contributed by atoms with E-state index < -0.39 is 10.0 Å². The quantitative estimate of drug-likeness (QED) is 0.707. The molecule has 0 radical (unpaired) electrons.